The molecule has 0 heteroatoms. The molecule has 0 radical (unpaired) electrons. The molecule has 0 aromatic carbocycles. The minimum Gasteiger partial charge on any atom is -0.0999 e. The van der Waals surface area contributed by atoms with Crippen molar-refractivity contribution in [2.75, 3.05) is 0 Å². The molecule has 0 amide bonds. The minimum atomic E-state index is 0.544. The van der Waals surface area contributed by atoms with Crippen LogP contribution in [-0.2, 0) is 0 Å². The standard InChI is InChI=1S/C15H24/c1-11(2)14-8-9-15(10-14)12(3)6-5-7-13(15)4/h6,13-14H,1,5,7-10H2,2-4H3/t13-,14+,15+/m1/s1. The molecule has 0 saturated heterocycles. The van der Waals surface area contributed by atoms with E-state index >= 15 is 0 Å². The van der Waals surface area contributed by atoms with Crippen molar-refractivity contribution in [1.29, 1.82) is 0 Å². The molecular formula is C15H24. The third-order valence-corrected chi connectivity index (χ3v) is 5.03. The lowest BCUT2D eigenvalue weighted by Crippen LogP contribution is -2.30. The summed E-state index contributed by atoms with van der Waals surface area (Å²) in [6, 6.07) is 0. The van der Waals surface area contributed by atoms with Crippen LogP contribution < -0.4 is 0 Å². The maximum absolute atomic E-state index is 4.15. The van der Waals surface area contributed by atoms with Gasteiger partial charge in [-0.25, -0.2) is 0 Å². The summed E-state index contributed by atoms with van der Waals surface area (Å²) in [5.74, 6) is 1.67. The normalized spacial score (nSPS) is 40.6. The summed E-state index contributed by atoms with van der Waals surface area (Å²) in [6.07, 6.45) is 9.30. The van der Waals surface area contributed by atoms with Crippen molar-refractivity contribution >= 4 is 0 Å². The summed E-state index contributed by atoms with van der Waals surface area (Å²) in [7, 11) is 0. The Labute approximate surface area is 94.5 Å². The molecule has 0 heterocycles. The highest BCUT2D eigenvalue weighted by Gasteiger charge is 2.45. The fraction of sp³-hybridized carbons (Fsp3) is 0.733. The van der Waals surface area contributed by atoms with E-state index in [1.54, 1.807) is 5.57 Å². The van der Waals surface area contributed by atoms with Gasteiger partial charge in [0.2, 0.25) is 0 Å². The van der Waals surface area contributed by atoms with Crippen molar-refractivity contribution in [1.82, 2.24) is 0 Å². The summed E-state index contributed by atoms with van der Waals surface area (Å²) in [5, 5.41) is 0. The van der Waals surface area contributed by atoms with Crippen molar-refractivity contribution in [2.24, 2.45) is 17.3 Å². The highest BCUT2D eigenvalue weighted by molar-refractivity contribution is 5.21. The van der Waals surface area contributed by atoms with Gasteiger partial charge in [0.1, 0.15) is 0 Å². The molecule has 1 spiro atoms. The van der Waals surface area contributed by atoms with Gasteiger partial charge in [0.05, 0.1) is 0 Å². The predicted octanol–water partition coefficient (Wildman–Crippen LogP) is 4.73. The highest BCUT2D eigenvalue weighted by Crippen LogP contribution is 2.56. The summed E-state index contributed by atoms with van der Waals surface area (Å²) in [4.78, 5) is 0. The van der Waals surface area contributed by atoms with Crippen LogP contribution in [0.15, 0.2) is 23.8 Å². The van der Waals surface area contributed by atoms with Crippen LogP contribution in [-0.4, -0.2) is 0 Å². The highest BCUT2D eigenvalue weighted by atomic mass is 14.5. The zero-order valence-corrected chi connectivity index (χ0v) is 10.5. The second-order valence-electron chi connectivity index (χ2n) is 5.81. The Morgan fingerprint density at radius 1 is 1.47 bits per heavy atom. The van der Waals surface area contributed by atoms with Crippen molar-refractivity contribution < 1.29 is 0 Å². The fourth-order valence-electron chi connectivity index (χ4n) is 3.72. The monoisotopic (exact) mass is 204 g/mol. The van der Waals surface area contributed by atoms with E-state index in [2.05, 4.69) is 33.4 Å². The largest absolute Gasteiger partial charge is 0.0999 e. The predicted molar refractivity (Wildman–Crippen MR) is 66.7 cm³/mol. The summed E-state index contributed by atoms with van der Waals surface area (Å²) in [5.41, 5.74) is 3.62. The Hall–Kier alpha value is -0.520. The van der Waals surface area contributed by atoms with Crippen LogP contribution in [0.5, 0.6) is 0 Å². The molecule has 84 valence electrons. The molecule has 0 N–H and O–H groups in total. The van der Waals surface area contributed by atoms with E-state index in [0.29, 0.717) is 5.41 Å². The SMILES string of the molecule is C=C(C)[C@H]1CC[C@]2(C1)C(C)=CCC[C@H]2C. The second kappa shape index (κ2) is 3.81. The average molecular weight is 204 g/mol. The van der Waals surface area contributed by atoms with E-state index < -0.39 is 0 Å². The molecule has 15 heavy (non-hydrogen) atoms. The van der Waals surface area contributed by atoms with Crippen LogP contribution in [0.4, 0.5) is 0 Å². The zero-order valence-electron chi connectivity index (χ0n) is 10.5. The Balaban J connectivity index is 2.23. The molecule has 3 atom stereocenters. The van der Waals surface area contributed by atoms with Crippen molar-refractivity contribution in [3.8, 4) is 0 Å². The lowest BCUT2D eigenvalue weighted by Gasteiger charge is -2.40. The van der Waals surface area contributed by atoms with Crippen molar-refractivity contribution in [3.05, 3.63) is 23.8 Å². The second-order valence-corrected chi connectivity index (χ2v) is 5.81. The summed E-state index contributed by atoms with van der Waals surface area (Å²) >= 11 is 0. The smallest absolute Gasteiger partial charge is 0.00592 e. The first-order valence-electron chi connectivity index (χ1n) is 6.39. The Morgan fingerprint density at radius 2 is 2.20 bits per heavy atom. The van der Waals surface area contributed by atoms with Gasteiger partial charge in [0, 0.05) is 0 Å². The van der Waals surface area contributed by atoms with E-state index in [0.717, 1.165) is 11.8 Å². The molecule has 0 aliphatic heterocycles. The maximum atomic E-state index is 4.15. The lowest BCUT2D eigenvalue weighted by molar-refractivity contribution is 0.204. The molecule has 2 aliphatic carbocycles. The van der Waals surface area contributed by atoms with Gasteiger partial charge in [-0.1, -0.05) is 30.7 Å². The van der Waals surface area contributed by atoms with E-state index in [9.17, 15) is 0 Å². The first-order chi connectivity index (χ1) is 7.06. The third-order valence-electron chi connectivity index (χ3n) is 5.03. The van der Waals surface area contributed by atoms with E-state index in [4.69, 9.17) is 0 Å². The van der Waals surface area contributed by atoms with E-state index in [-0.39, 0.29) is 0 Å². The van der Waals surface area contributed by atoms with Crippen LogP contribution in [0.2, 0.25) is 0 Å². The zero-order chi connectivity index (χ0) is 11.1. The maximum Gasteiger partial charge on any atom is -0.00592 e. The molecule has 1 fully saturated rings. The van der Waals surface area contributed by atoms with E-state index in [1.165, 1.54) is 37.7 Å². The topological polar surface area (TPSA) is 0 Å². The number of rotatable bonds is 1. The quantitative estimate of drug-likeness (QED) is 0.542. The molecule has 1 saturated carbocycles. The van der Waals surface area contributed by atoms with Gasteiger partial charge in [-0.05, 0) is 63.2 Å². The Bertz CT molecular complexity index is 297. The third kappa shape index (κ3) is 1.68. The molecule has 0 aromatic heterocycles. The van der Waals surface area contributed by atoms with Crippen molar-refractivity contribution in [2.45, 2.75) is 52.9 Å². The average Bonchev–Trinajstić information content (AvgIpc) is 2.61. The lowest BCUT2D eigenvalue weighted by atomic mass is 9.64. The summed E-state index contributed by atoms with van der Waals surface area (Å²) < 4.78 is 0. The van der Waals surface area contributed by atoms with Crippen molar-refractivity contribution in [3.63, 3.8) is 0 Å². The first-order valence-corrected chi connectivity index (χ1v) is 6.39. The molecule has 0 nitrogen and oxygen atoms in total. The van der Waals surface area contributed by atoms with Gasteiger partial charge in [-0.2, -0.15) is 0 Å². The Kier molecular flexibility index (Phi) is 2.79. The number of allylic oxidation sites excluding steroid dienone is 3. The van der Waals surface area contributed by atoms with Crippen LogP contribution in [0.3, 0.4) is 0 Å². The number of hydrogen-bond donors (Lipinski definition) is 0. The van der Waals surface area contributed by atoms with Gasteiger partial charge in [0.25, 0.3) is 0 Å². The first kappa shape index (κ1) is 11.0. The molecule has 2 aliphatic rings. The summed E-state index contributed by atoms with van der Waals surface area (Å²) in [6.45, 7) is 11.2. The van der Waals surface area contributed by atoms with E-state index in [1.807, 2.05) is 0 Å². The Morgan fingerprint density at radius 3 is 2.73 bits per heavy atom. The molecule has 0 aromatic rings. The van der Waals surface area contributed by atoms with Gasteiger partial charge in [0.15, 0.2) is 0 Å². The minimum absolute atomic E-state index is 0.544. The van der Waals surface area contributed by atoms with Gasteiger partial charge in [-0.15, -0.1) is 0 Å². The molecular weight excluding hydrogens is 180 g/mol. The number of hydrogen-bond acceptors (Lipinski definition) is 0. The van der Waals surface area contributed by atoms with Gasteiger partial charge < -0.3 is 0 Å². The molecule has 0 unspecified atom stereocenters. The van der Waals surface area contributed by atoms with Gasteiger partial charge >= 0.3 is 0 Å². The van der Waals surface area contributed by atoms with Gasteiger partial charge in [-0.3, -0.25) is 0 Å². The van der Waals surface area contributed by atoms with Crippen LogP contribution in [0, 0.1) is 17.3 Å². The van der Waals surface area contributed by atoms with Crippen LogP contribution in [0.25, 0.3) is 0 Å². The fourth-order valence-corrected chi connectivity index (χ4v) is 3.72. The molecule has 2 rings (SSSR count). The van der Waals surface area contributed by atoms with Crippen LogP contribution >= 0.6 is 0 Å². The van der Waals surface area contributed by atoms with Crippen LogP contribution in [0.1, 0.15) is 52.9 Å². The molecule has 0 bridgehead atoms.